The Labute approximate surface area is 151 Å². The number of carbonyl (C=O) groups is 1. The molecule has 0 radical (unpaired) electrons. The normalized spacial score (nSPS) is 11.6. The molecular formula is C18H14ClNO4S. The minimum Gasteiger partial charge on any atom is -0.427 e. The predicted octanol–water partition coefficient (Wildman–Crippen LogP) is 3.74. The molecule has 0 saturated heterocycles. The van der Waals surface area contributed by atoms with Crippen LogP contribution in [0.2, 0.25) is 5.02 Å². The zero-order chi connectivity index (χ0) is 18.4. The second-order valence-corrected chi connectivity index (χ2v) is 7.56. The number of hydrogen-bond donors (Lipinski definition) is 0. The standard InChI is InChI=1S/C18H14ClNO4S/c1-13(21)24-17-8-4-14(5-9-17)10-18(11-20)25(22,23)12-15-2-6-16(19)7-3-15/h2-10H,12H2,1H3/b18-10-. The van der Waals surface area contributed by atoms with Gasteiger partial charge < -0.3 is 4.74 Å². The van der Waals surface area contributed by atoms with Crippen molar-refractivity contribution in [2.45, 2.75) is 12.7 Å². The van der Waals surface area contributed by atoms with Gasteiger partial charge in [0.25, 0.3) is 0 Å². The first kappa shape index (κ1) is 18.7. The summed E-state index contributed by atoms with van der Waals surface area (Å²) in [5.41, 5.74) is 1.04. The molecule has 0 fully saturated rings. The van der Waals surface area contributed by atoms with E-state index < -0.39 is 15.8 Å². The van der Waals surface area contributed by atoms with Crippen LogP contribution >= 0.6 is 11.6 Å². The lowest BCUT2D eigenvalue weighted by Crippen LogP contribution is -2.06. The summed E-state index contributed by atoms with van der Waals surface area (Å²) in [6, 6.07) is 14.3. The second-order valence-electron chi connectivity index (χ2n) is 5.17. The van der Waals surface area contributed by atoms with E-state index in [0.717, 1.165) is 0 Å². The van der Waals surface area contributed by atoms with Crippen molar-refractivity contribution in [1.29, 1.82) is 5.26 Å². The van der Waals surface area contributed by atoms with E-state index in [0.29, 0.717) is 21.9 Å². The number of benzene rings is 2. The molecule has 0 aliphatic carbocycles. The highest BCUT2D eigenvalue weighted by Gasteiger charge is 2.18. The largest absolute Gasteiger partial charge is 0.427 e. The fourth-order valence-corrected chi connectivity index (χ4v) is 3.39. The van der Waals surface area contributed by atoms with Crippen LogP contribution in [0.5, 0.6) is 5.75 Å². The van der Waals surface area contributed by atoms with Crippen LogP contribution in [-0.4, -0.2) is 14.4 Å². The average molecular weight is 376 g/mol. The van der Waals surface area contributed by atoms with Crippen molar-refractivity contribution in [2.75, 3.05) is 0 Å². The first-order valence-electron chi connectivity index (χ1n) is 7.17. The number of hydrogen-bond acceptors (Lipinski definition) is 5. The number of carbonyl (C=O) groups excluding carboxylic acids is 1. The molecule has 0 spiro atoms. The van der Waals surface area contributed by atoms with Crippen molar-refractivity contribution in [3.8, 4) is 11.8 Å². The van der Waals surface area contributed by atoms with Gasteiger partial charge in [-0.1, -0.05) is 35.9 Å². The Balaban J connectivity index is 2.24. The van der Waals surface area contributed by atoms with Crippen molar-refractivity contribution < 1.29 is 17.9 Å². The minimum atomic E-state index is -3.79. The van der Waals surface area contributed by atoms with E-state index in [1.165, 1.54) is 25.1 Å². The maximum Gasteiger partial charge on any atom is 0.308 e. The van der Waals surface area contributed by atoms with Crippen molar-refractivity contribution in [2.24, 2.45) is 0 Å². The Morgan fingerprint density at radius 2 is 1.76 bits per heavy atom. The van der Waals surface area contributed by atoms with E-state index in [4.69, 9.17) is 16.3 Å². The van der Waals surface area contributed by atoms with E-state index in [1.807, 2.05) is 0 Å². The third-order valence-electron chi connectivity index (χ3n) is 3.15. The molecule has 2 rings (SSSR count). The average Bonchev–Trinajstić information content (AvgIpc) is 2.55. The molecule has 0 aliphatic rings. The van der Waals surface area contributed by atoms with Gasteiger partial charge in [-0.05, 0) is 41.5 Å². The zero-order valence-corrected chi connectivity index (χ0v) is 14.8. The molecule has 25 heavy (non-hydrogen) atoms. The van der Waals surface area contributed by atoms with Gasteiger partial charge in [0.1, 0.15) is 16.7 Å². The Morgan fingerprint density at radius 3 is 2.28 bits per heavy atom. The molecule has 5 nitrogen and oxygen atoms in total. The van der Waals surface area contributed by atoms with Gasteiger partial charge in [0.05, 0.1) is 5.75 Å². The van der Waals surface area contributed by atoms with Crippen LogP contribution in [0.15, 0.2) is 53.4 Å². The summed E-state index contributed by atoms with van der Waals surface area (Å²) < 4.78 is 29.8. The van der Waals surface area contributed by atoms with E-state index in [1.54, 1.807) is 42.5 Å². The summed E-state index contributed by atoms with van der Waals surface area (Å²) in [5, 5.41) is 9.74. The van der Waals surface area contributed by atoms with Crippen molar-refractivity contribution in [1.82, 2.24) is 0 Å². The molecule has 0 heterocycles. The molecule has 2 aromatic carbocycles. The molecule has 0 bridgehead atoms. The van der Waals surface area contributed by atoms with Crippen molar-refractivity contribution >= 4 is 33.5 Å². The quantitative estimate of drug-likeness (QED) is 0.451. The van der Waals surface area contributed by atoms with Gasteiger partial charge in [-0.2, -0.15) is 5.26 Å². The lowest BCUT2D eigenvalue weighted by Gasteiger charge is -2.05. The van der Waals surface area contributed by atoms with Crippen LogP contribution in [0, 0.1) is 11.3 Å². The van der Waals surface area contributed by atoms with Gasteiger partial charge >= 0.3 is 5.97 Å². The Morgan fingerprint density at radius 1 is 1.16 bits per heavy atom. The third-order valence-corrected chi connectivity index (χ3v) is 5.00. The van der Waals surface area contributed by atoms with Crippen molar-refractivity contribution in [3.05, 3.63) is 69.6 Å². The SMILES string of the molecule is CC(=O)Oc1ccc(/C=C(/C#N)S(=O)(=O)Cc2ccc(Cl)cc2)cc1. The van der Waals surface area contributed by atoms with Crippen LogP contribution in [0.4, 0.5) is 0 Å². The summed E-state index contributed by atoms with van der Waals surface area (Å²) in [6.45, 7) is 1.28. The summed E-state index contributed by atoms with van der Waals surface area (Å²) in [6.07, 6.45) is 1.28. The molecule has 0 aromatic heterocycles. The van der Waals surface area contributed by atoms with Crippen LogP contribution < -0.4 is 4.74 Å². The first-order chi connectivity index (χ1) is 11.8. The molecule has 2 aromatic rings. The van der Waals surface area contributed by atoms with Gasteiger partial charge in [0.15, 0.2) is 9.84 Å². The van der Waals surface area contributed by atoms with Gasteiger partial charge in [0, 0.05) is 11.9 Å². The monoisotopic (exact) mass is 375 g/mol. The third kappa shape index (κ3) is 5.45. The fourth-order valence-electron chi connectivity index (χ4n) is 2.02. The number of sulfone groups is 1. The molecule has 0 saturated carbocycles. The number of rotatable bonds is 5. The summed E-state index contributed by atoms with van der Waals surface area (Å²) in [7, 11) is -3.79. The Bertz CT molecular complexity index is 940. The number of ether oxygens (including phenoxy) is 1. The fraction of sp³-hybridized carbons (Fsp3) is 0.111. The molecule has 0 atom stereocenters. The van der Waals surface area contributed by atoms with E-state index >= 15 is 0 Å². The number of nitriles is 1. The minimum absolute atomic E-state index is 0.297. The van der Waals surface area contributed by atoms with E-state index in [2.05, 4.69) is 0 Å². The first-order valence-corrected chi connectivity index (χ1v) is 9.20. The van der Waals surface area contributed by atoms with Crippen LogP contribution in [-0.2, 0) is 20.4 Å². The Kier molecular flexibility index (Phi) is 5.97. The lowest BCUT2D eigenvalue weighted by atomic mass is 10.2. The molecule has 0 aliphatic heterocycles. The molecule has 0 unspecified atom stereocenters. The van der Waals surface area contributed by atoms with Crippen LogP contribution in [0.1, 0.15) is 18.1 Å². The molecule has 0 N–H and O–H groups in total. The lowest BCUT2D eigenvalue weighted by molar-refractivity contribution is -0.131. The summed E-state index contributed by atoms with van der Waals surface area (Å²) >= 11 is 5.78. The molecule has 7 heteroatoms. The summed E-state index contributed by atoms with van der Waals surface area (Å²) in [5.74, 6) is -0.409. The number of halogens is 1. The Hall–Kier alpha value is -2.62. The second kappa shape index (κ2) is 7.97. The number of nitrogens with zero attached hydrogens (tertiary/aromatic N) is 1. The number of allylic oxidation sites excluding steroid dienone is 1. The van der Waals surface area contributed by atoms with Gasteiger partial charge in [0.2, 0.25) is 0 Å². The topological polar surface area (TPSA) is 84.2 Å². The van der Waals surface area contributed by atoms with Crippen LogP contribution in [0.3, 0.4) is 0 Å². The predicted molar refractivity (Wildman–Crippen MR) is 95.4 cm³/mol. The molecule has 128 valence electrons. The smallest absolute Gasteiger partial charge is 0.308 e. The van der Waals surface area contributed by atoms with Crippen LogP contribution in [0.25, 0.3) is 6.08 Å². The van der Waals surface area contributed by atoms with Gasteiger partial charge in [-0.15, -0.1) is 0 Å². The zero-order valence-electron chi connectivity index (χ0n) is 13.3. The van der Waals surface area contributed by atoms with Gasteiger partial charge in [-0.25, -0.2) is 8.42 Å². The maximum atomic E-state index is 12.4. The summed E-state index contributed by atoms with van der Waals surface area (Å²) in [4.78, 5) is 10.5. The highest BCUT2D eigenvalue weighted by atomic mass is 35.5. The van der Waals surface area contributed by atoms with E-state index in [9.17, 15) is 18.5 Å². The van der Waals surface area contributed by atoms with Crippen molar-refractivity contribution in [3.63, 3.8) is 0 Å². The van der Waals surface area contributed by atoms with Gasteiger partial charge in [-0.3, -0.25) is 4.79 Å². The maximum absolute atomic E-state index is 12.4. The molecule has 0 amide bonds. The number of esters is 1. The highest BCUT2D eigenvalue weighted by molar-refractivity contribution is 7.95. The highest BCUT2D eigenvalue weighted by Crippen LogP contribution is 2.20. The van der Waals surface area contributed by atoms with E-state index in [-0.39, 0.29) is 10.7 Å². The molecular weight excluding hydrogens is 362 g/mol.